The minimum absolute atomic E-state index is 0. The maximum Gasteiger partial charge on any atom is 0.225 e. The van der Waals surface area contributed by atoms with E-state index in [1.807, 2.05) is 27.7 Å². The Balaban J connectivity index is 0.00000484. The third-order valence-electron chi connectivity index (χ3n) is 2.94. The molecule has 7 heteroatoms. The second-order valence-electron chi connectivity index (χ2n) is 6.02. The Kier molecular flexibility index (Phi) is 11.2. The molecule has 0 radical (unpaired) electrons. The third-order valence-corrected chi connectivity index (χ3v) is 3.87. The molecule has 0 spiro atoms. The van der Waals surface area contributed by atoms with E-state index in [1.54, 1.807) is 11.3 Å². The summed E-state index contributed by atoms with van der Waals surface area (Å²) in [5.41, 5.74) is -0.348. The van der Waals surface area contributed by atoms with Crippen molar-refractivity contribution in [2.45, 2.75) is 34.1 Å². The molecule has 5 nitrogen and oxygen atoms in total. The fraction of sp³-hybridized carbons (Fsp3) is 0.625. The molecule has 0 aliphatic heterocycles. The first-order valence-electron chi connectivity index (χ1n) is 7.76. The molecule has 1 amide bonds. The number of carbonyl (C=O) groups excluding carboxylic acids is 1. The maximum atomic E-state index is 11.8. The van der Waals surface area contributed by atoms with E-state index in [-0.39, 0.29) is 35.3 Å². The van der Waals surface area contributed by atoms with Crippen molar-refractivity contribution in [3.63, 3.8) is 0 Å². The molecule has 1 aromatic rings. The highest BCUT2D eigenvalue weighted by molar-refractivity contribution is 14.0. The summed E-state index contributed by atoms with van der Waals surface area (Å²) in [5.74, 6) is 0.859. The first kappa shape index (κ1) is 22.2. The summed E-state index contributed by atoms with van der Waals surface area (Å²) in [5, 5.41) is 11.4. The van der Waals surface area contributed by atoms with E-state index in [2.05, 4.69) is 38.5 Å². The lowest BCUT2D eigenvalue weighted by Gasteiger charge is -2.18. The number of carbonyl (C=O) groups is 1. The van der Waals surface area contributed by atoms with E-state index in [1.165, 1.54) is 4.88 Å². The molecule has 1 heterocycles. The number of guanidine groups is 1. The van der Waals surface area contributed by atoms with Gasteiger partial charge in [0.15, 0.2) is 5.96 Å². The molecule has 23 heavy (non-hydrogen) atoms. The van der Waals surface area contributed by atoms with Crippen LogP contribution >= 0.6 is 35.3 Å². The Hall–Kier alpha value is -0.830. The molecular formula is C16H29IN4OS. The molecular weight excluding hydrogens is 423 g/mol. The average Bonchev–Trinajstić information content (AvgIpc) is 2.95. The molecule has 0 aliphatic carbocycles. The normalized spacial score (nSPS) is 11.6. The first-order chi connectivity index (χ1) is 10.4. The summed E-state index contributed by atoms with van der Waals surface area (Å²) < 4.78 is 0. The summed E-state index contributed by atoms with van der Waals surface area (Å²) >= 11 is 1.76. The molecule has 0 aromatic carbocycles. The van der Waals surface area contributed by atoms with Crippen LogP contribution < -0.4 is 16.0 Å². The fourth-order valence-corrected chi connectivity index (χ4v) is 2.39. The van der Waals surface area contributed by atoms with Gasteiger partial charge in [-0.15, -0.1) is 35.3 Å². The Morgan fingerprint density at radius 2 is 1.91 bits per heavy atom. The van der Waals surface area contributed by atoms with Crippen LogP contribution in [0.2, 0.25) is 0 Å². The second-order valence-corrected chi connectivity index (χ2v) is 7.05. The smallest absolute Gasteiger partial charge is 0.225 e. The third kappa shape index (κ3) is 9.80. The summed E-state index contributed by atoms with van der Waals surface area (Å²) in [4.78, 5) is 17.6. The minimum atomic E-state index is -0.348. The molecule has 0 unspecified atom stereocenters. The predicted octanol–water partition coefficient (Wildman–Crippen LogP) is 2.63. The van der Waals surface area contributed by atoms with Gasteiger partial charge in [0.2, 0.25) is 5.91 Å². The quantitative estimate of drug-likeness (QED) is 0.258. The van der Waals surface area contributed by atoms with Crippen LogP contribution in [0.3, 0.4) is 0 Å². The molecule has 1 aromatic heterocycles. The zero-order chi connectivity index (χ0) is 16.4. The summed E-state index contributed by atoms with van der Waals surface area (Å²) in [6.45, 7) is 10.6. The van der Waals surface area contributed by atoms with Crippen LogP contribution in [-0.2, 0) is 11.2 Å². The Morgan fingerprint density at radius 1 is 1.22 bits per heavy atom. The van der Waals surface area contributed by atoms with Gasteiger partial charge in [0.25, 0.3) is 0 Å². The SMILES string of the molecule is CCNC(=NCCc1cccs1)NCCNC(=O)C(C)(C)C.I. The predicted molar refractivity (Wildman–Crippen MR) is 110 cm³/mol. The second kappa shape index (κ2) is 11.7. The Labute approximate surface area is 160 Å². The summed E-state index contributed by atoms with van der Waals surface area (Å²) in [6.07, 6.45) is 0.953. The number of halogens is 1. The van der Waals surface area contributed by atoms with E-state index in [9.17, 15) is 4.79 Å². The monoisotopic (exact) mass is 452 g/mol. The topological polar surface area (TPSA) is 65.5 Å². The lowest BCUT2D eigenvalue weighted by atomic mass is 9.96. The standard InChI is InChI=1S/C16H28N4OS.HI/c1-5-17-15(19-9-8-13-7-6-12-22-13)20-11-10-18-14(21)16(2,3)4;/h6-7,12H,5,8-11H2,1-4H3,(H,18,21)(H2,17,19,20);1H. The molecule has 0 saturated carbocycles. The molecule has 0 saturated heterocycles. The van der Waals surface area contributed by atoms with Gasteiger partial charge in [0, 0.05) is 42.9 Å². The van der Waals surface area contributed by atoms with Gasteiger partial charge >= 0.3 is 0 Å². The molecule has 0 aliphatic rings. The fourth-order valence-electron chi connectivity index (χ4n) is 1.70. The van der Waals surface area contributed by atoms with Crippen molar-refractivity contribution >= 4 is 47.2 Å². The van der Waals surface area contributed by atoms with Crippen molar-refractivity contribution in [3.05, 3.63) is 22.4 Å². The zero-order valence-corrected chi connectivity index (χ0v) is 17.6. The van der Waals surface area contributed by atoms with Gasteiger partial charge in [-0.3, -0.25) is 9.79 Å². The molecule has 0 atom stereocenters. The number of aliphatic imine (C=N–C) groups is 1. The number of hydrogen-bond acceptors (Lipinski definition) is 3. The van der Waals surface area contributed by atoms with Crippen molar-refractivity contribution in [2.24, 2.45) is 10.4 Å². The Bertz CT molecular complexity index is 469. The first-order valence-corrected chi connectivity index (χ1v) is 8.64. The highest BCUT2D eigenvalue weighted by Crippen LogP contribution is 2.11. The van der Waals surface area contributed by atoms with Crippen LogP contribution in [0.15, 0.2) is 22.5 Å². The van der Waals surface area contributed by atoms with Crippen LogP contribution in [0.5, 0.6) is 0 Å². The lowest BCUT2D eigenvalue weighted by molar-refractivity contribution is -0.128. The van der Waals surface area contributed by atoms with Crippen LogP contribution in [0.4, 0.5) is 0 Å². The Morgan fingerprint density at radius 3 is 2.48 bits per heavy atom. The van der Waals surface area contributed by atoms with Crippen LogP contribution in [0, 0.1) is 5.41 Å². The van der Waals surface area contributed by atoms with Crippen molar-refractivity contribution in [1.29, 1.82) is 0 Å². The van der Waals surface area contributed by atoms with Gasteiger partial charge in [-0.05, 0) is 18.4 Å². The molecule has 132 valence electrons. The number of rotatable bonds is 7. The average molecular weight is 452 g/mol. The highest BCUT2D eigenvalue weighted by atomic mass is 127. The molecule has 0 bridgehead atoms. The van der Waals surface area contributed by atoms with Gasteiger partial charge in [0.1, 0.15) is 0 Å². The highest BCUT2D eigenvalue weighted by Gasteiger charge is 2.20. The molecule has 0 fully saturated rings. The van der Waals surface area contributed by atoms with Gasteiger partial charge in [0.05, 0.1) is 0 Å². The minimum Gasteiger partial charge on any atom is -0.357 e. The van der Waals surface area contributed by atoms with Crippen molar-refractivity contribution in [2.75, 3.05) is 26.2 Å². The van der Waals surface area contributed by atoms with Crippen molar-refractivity contribution < 1.29 is 4.79 Å². The number of thiophene rings is 1. The number of hydrogen-bond donors (Lipinski definition) is 3. The van der Waals surface area contributed by atoms with Crippen LogP contribution in [0.1, 0.15) is 32.6 Å². The van der Waals surface area contributed by atoms with Gasteiger partial charge in [-0.1, -0.05) is 26.8 Å². The molecule has 3 N–H and O–H groups in total. The summed E-state index contributed by atoms with van der Waals surface area (Å²) in [6, 6.07) is 4.19. The largest absolute Gasteiger partial charge is 0.357 e. The number of nitrogens with one attached hydrogen (secondary N) is 3. The number of amides is 1. The van der Waals surface area contributed by atoms with E-state index >= 15 is 0 Å². The van der Waals surface area contributed by atoms with Gasteiger partial charge < -0.3 is 16.0 Å². The van der Waals surface area contributed by atoms with Crippen LogP contribution in [0.25, 0.3) is 0 Å². The van der Waals surface area contributed by atoms with E-state index < -0.39 is 0 Å². The summed E-state index contributed by atoms with van der Waals surface area (Å²) in [7, 11) is 0. The van der Waals surface area contributed by atoms with Crippen molar-refractivity contribution in [1.82, 2.24) is 16.0 Å². The van der Waals surface area contributed by atoms with E-state index in [4.69, 9.17) is 0 Å². The van der Waals surface area contributed by atoms with Crippen LogP contribution in [-0.4, -0.2) is 38.0 Å². The zero-order valence-electron chi connectivity index (χ0n) is 14.4. The van der Waals surface area contributed by atoms with Gasteiger partial charge in [-0.2, -0.15) is 0 Å². The van der Waals surface area contributed by atoms with Crippen molar-refractivity contribution in [3.8, 4) is 0 Å². The number of nitrogens with zero attached hydrogens (tertiary/aromatic N) is 1. The molecule has 1 rings (SSSR count). The lowest BCUT2D eigenvalue weighted by Crippen LogP contribution is -2.43. The van der Waals surface area contributed by atoms with Gasteiger partial charge in [-0.25, -0.2) is 0 Å². The van der Waals surface area contributed by atoms with E-state index in [0.29, 0.717) is 13.1 Å². The van der Waals surface area contributed by atoms with E-state index in [0.717, 1.165) is 25.5 Å². The maximum absolute atomic E-state index is 11.8.